The van der Waals surface area contributed by atoms with Gasteiger partial charge in [0.2, 0.25) is 5.95 Å². The van der Waals surface area contributed by atoms with E-state index in [-0.39, 0.29) is 11.5 Å². The van der Waals surface area contributed by atoms with Gasteiger partial charge in [0, 0.05) is 0 Å². The van der Waals surface area contributed by atoms with Crippen LogP contribution in [0.2, 0.25) is 0 Å². The van der Waals surface area contributed by atoms with Crippen LogP contribution in [0.3, 0.4) is 0 Å². The maximum absolute atomic E-state index is 11.8. The Kier molecular flexibility index (Phi) is 3.38. The molecule has 0 radical (unpaired) electrons. The highest BCUT2D eigenvalue weighted by Gasteiger charge is 2.55. The highest BCUT2D eigenvalue weighted by molar-refractivity contribution is 6.49. The molecule has 1 aliphatic rings. The standard InChI is InChI=1S/C11H12Cl2N4O4/c12-11(13)7(19)6(3-18)21-8(11)4-1-2-5-9(20)15-10(14)16-17(4)5/h1-2,6-8,18-19H,3H2,(H3,14,15,16,20)/t6-,7+,8+/m1/s1. The summed E-state index contributed by atoms with van der Waals surface area (Å²) in [6, 6.07) is 3.06. The van der Waals surface area contributed by atoms with Crippen molar-refractivity contribution in [3.05, 3.63) is 28.2 Å². The Balaban J connectivity index is 2.15. The number of ether oxygens (including phenoxy) is 1. The van der Waals surface area contributed by atoms with E-state index in [1.165, 1.54) is 10.6 Å². The highest BCUT2D eigenvalue weighted by Crippen LogP contribution is 2.49. The molecule has 3 rings (SSSR count). The molecule has 1 fully saturated rings. The number of rotatable bonds is 2. The quantitative estimate of drug-likeness (QED) is 0.552. The van der Waals surface area contributed by atoms with E-state index in [4.69, 9.17) is 33.7 Å². The van der Waals surface area contributed by atoms with Crippen molar-refractivity contribution in [2.45, 2.75) is 22.6 Å². The lowest BCUT2D eigenvalue weighted by Crippen LogP contribution is -2.36. The smallest absolute Gasteiger partial charge is 0.276 e. The first-order chi connectivity index (χ1) is 9.86. The fourth-order valence-electron chi connectivity index (χ4n) is 2.39. The van der Waals surface area contributed by atoms with Gasteiger partial charge in [-0.25, -0.2) is 4.52 Å². The summed E-state index contributed by atoms with van der Waals surface area (Å²) in [4.78, 5) is 14.1. The lowest BCUT2D eigenvalue weighted by molar-refractivity contribution is -0.0239. The van der Waals surface area contributed by atoms with Crippen molar-refractivity contribution in [2.75, 3.05) is 12.3 Å². The molecule has 0 amide bonds. The summed E-state index contributed by atoms with van der Waals surface area (Å²) in [5, 5.41) is 23.2. The van der Waals surface area contributed by atoms with Gasteiger partial charge in [0.1, 0.15) is 23.8 Å². The maximum Gasteiger partial charge on any atom is 0.276 e. The molecule has 0 aromatic carbocycles. The second-order valence-electron chi connectivity index (χ2n) is 4.75. The van der Waals surface area contributed by atoms with E-state index in [2.05, 4.69) is 10.1 Å². The Morgan fingerprint density at radius 3 is 2.86 bits per heavy atom. The molecule has 21 heavy (non-hydrogen) atoms. The van der Waals surface area contributed by atoms with Gasteiger partial charge >= 0.3 is 0 Å². The number of anilines is 1. The van der Waals surface area contributed by atoms with Crippen LogP contribution < -0.4 is 11.3 Å². The monoisotopic (exact) mass is 334 g/mol. The van der Waals surface area contributed by atoms with E-state index in [9.17, 15) is 15.0 Å². The van der Waals surface area contributed by atoms with Gasteiger partial charge in [-0.2, -0.15) is 0 Å². The minimum Gasteiger partial charge on any atom is -0.394 e. The molecule has 3 atom stereocenters. The van der Waals surface area contributed by atoms with Gasteiger partial charge in [-0.3, -0.25) is 9.78 Å². The fraction of sp³-hybridized carbons (Fsp3) is 0.455. The number of nitrogens with one attached hydrogen (secondary N) is 1. The second kappa shape index (κ2) is 4.85. The molecule has 1 saturated heterocycles. The molecule has 10 heteroatoms. The average Bonchev–Trinajstić information content (AvgIpc) is 2.91. The predicted octanol–water partition coefficient (Wildman–Crippen LogP) is -0.428. The second-order valence-corrected chi connectivity index (χ2v) is 6.20. The number of aromatic nitrogens is 3. The number of hydrogen-bond acceptors (Lipinski definition) is 6. The summed E-state index contributed by atoms with van der Waals surface area (Å²) < 4.78 is 5.05. The van der Waals surface area contributed by atoms with E-state index < -0.39 is 34.8 Å². The molecule has 0 saturated carbocycles. The third-order valence-electron chi connectivity index (χ3n) is 3.42. The number of aliphatic hydroxyl groups is 2. The number of hydrogen-bond donors (Lipinski definition) is 4. The minimum absolute atomic E-state index is 0.0862. The Hall–Kier alpha value is -1.32. The van der Waals surface area contributed by atoms with Gasteiger partial charge in [-0.05, 0) is 12.1 Å². The topological polar surface area (TPSA) is 126 Å². The Bertz CT molecular complexity index is 743. The molecule has 1 aliphatic heterocycles. The third kappa shape index (κ3) is 2.11. The van der Waals surface area contributed by atoms with Crippen LogP contribution in [0.25, 0.3) is 5.52 Å². The Morgan fingerprint density at radius 2 is 2.24 bits per heavy atom. The first-order valence-electron chi connectivity index (χ1n) is 6.06. The lowest BCUT2D eigenvalue weighted by atomic mass is 10.1. The van der Waals surface area contributed by atoms with Crippen molar-refractivity contribution in [3.63, 3.8) is 0 Å². The van der Waals surface area contributed by atoms with Gasteiger partial charge in [-0.1, -0.05) is 23.2 Å². The highest BCUT2D eigenvalue weighted by atomic mass is 35.5. The first kappa shape index (κ1) is 14.6. The van der Waals surface area contributed by atoms with Crippen LogP contribution in [0.15, 0.2) is 16.9 Å². The van der Waals surface area contributed by atoms with Crippen molar-refractivity contribution in [2.24, 2.45) is 0 Å². The molecular weight excluding hydrogens is 323 g/mol. The van der Waals surface area contributed by atoms with E-state index in [0.717, 1.165) is 0 Å². The number of fused-ring (bicyclic) bond motifs is 1. The molecule has 8 nitrogen and oxygen atoms in total. The number of H-pyrrole nitrogens is 1. The lowest BCUT2D eigenvalue weighted by Gasteiger charge is -2.22. The van der Waals surface area contributed by atoms with Gasteiger partial charge in [0.05, 0.1) is 12.3 Å². The number of aromatic amines is 1. The van der Waals surface area contributed by atoms with Crippen LogP contribution in [0, 0.1) is 0 Å². The van der Waals surface area contributed by atoms with Gasteiger partial charge in [0.15, 0.2) is 4.33 Å². The minimum atomic E-state index is -1.69. The zero-order chi connectivity index (χ0) is 15.4. The van der Waals surface area contributed by atoms with Gasteiger partial charge < -0.3 is 20.7 Å². The van der Waals surface area contributed by atoms with Crippen molar-refractivity contribution in [1.29, 1.82) is 0 Å². The summed E-state index contributed by atoms with van der Waals surface area (Å²) in [6.45, 7) is -0.446. The number of halogens is 2. The molecule has 0 unspecified atom stereocenters. The van der Waals surface area contributed by atoms with Crippen molar-refractivity contribution < 1.29 is 14.9 Å². The summed E-state index contributed by atoms with van der Waals surface area (Å²) in [7, 11) is 0. The third-order valence-corrected chi connectivity index (χ3v) is 4.27. The van der Waals surface area contributed by atoms with Gasteiger partial charge in [-0.15, -0.1) is 5.10 Å². The Morgan fingerprint density at radius 1 is 1.52 bits per heavy atom. The molecule has 2 aromatic rings. The summed E-state index contributed by atoms with van der Waals surface area (Å²) in [6.07, 6.45) is -3.21. The molecule has 0 aliphatic carbocycles. The fourth-order valence-corrected chi connectivity index (χ4v) is 3.00. The van der Waals surface area contributed by atoms with Crippen LogP contribution in [0.1, 0.15) is 11.8 Å². The Labute approximate surface area is 128 Å². The summed E-state index contributed by atoms with van der Waals surface area (Å²) in [5.41, 5.74) is 5.67. The number of nitrogens with two attached hydrogens (primary N) is 1. The molecular formula is C11H12Cl2N4O4. The van der Waals surface area contributed by atoms with Crippen LogP contribution in [0.4, 0.5) is 5.95 Å². The molecule has 5 N–H and O–H groups in total. The van der Waals surface area contributed by atoms with Crippen molar-refractivity contribution >= 4 is 34.7 Å². The number of aliphatic hydroxyl groups excluding tert-OH is 2. The predicted molar refractivity (Wildman–Crippen MR) is 75.4 cm³/mol. The van der Waals surface area contributed by atoms with Crippen molar-refractivity contribution in [3.8, 4) is 0 Å². The van der Waals surface area contributed by atoms with Crippen LogP contribution in [-0.4, -0.2) is 48.0 Å². The van der Waals surface area contributed by atoms with Crippen LogP contribution >= 0.6 is 23.2 Å². The van der Waals surface area contributed by atoms with E-state index in [0.29, 0.717) is 5.69 Å². The van der Waals surface area contributed by atoms with E-state index >= 15 is 0 Å². The average molecular weight is 335 g/mol. The number of nitrogens with zero attached hydrogens (tertiary/aromatic N) is 2. The number of alkyl halides is 2. The zero-order valence-corrected chi connectivity index (χ0v) is 12.0. The molecule has 3 heterocycles. The van der Waals surface area contributed by atoms with Crippen molar-refractivity contribution in [1.82, 2.24) is 14.6 Å². The normalized spacial score (nSPS) is 28.3. The first-order valence-corrected chi connectivity index (χ1v) is 6.81. The summed E-state index contributed by atoms with van der Waals surface area (Å²) >= 11 is 12.3. The number of nitrogen functional groups attached to an aromatic ring is 1. The zero-order valence-electron chi connectivity index (χ0n) is 10.5. The SMILES string of the molecule is Nc1nn2c([C@@H]3O[C@H](CO)[C@H](O)C3(Cl)Cl)ccc2c(=O)[nH]1. The molecule has 2 aromatic heterocycles. The largest absolute Gasteiger partial charge is 0.394 e. The molecule has 0 bridgehead atoms. The van der Waals surface area contributed by atoms with Crippen LogP contribution in [-0.2, 0) is 4.74 Å². The van der Waals surface area contributed by atoms with Gasteiger partial charge in [0.25, 0.3) is 5.56 Å². The molecule has 0 spiro atoms. The maximum atomic E-state index is 11.8. The van der Waals surface area contributed by atoms with Crippen LogP contribution in [0.5, 0.6) is 0 Å². The van der Waals surface area contributed by atoms with E-state index in [1.807, 2.05) is 0 Å². The summed E-state index contributed by atoms with van der Waals surface area (Å²) in [5.74, 6) is -0.0862. The van der Waals surface area contributed by atoms with E-state index in [1.54, 1.807) is 6.07 Å². The molecule has 114 valence electrons.